The molecule has 0 atom stereocenters. The number of carbonyl (C=O) groups is 1. The summed E-state index contributed by atoms with van der Waals surface area (Å²) in [4.78, 5) is 26.5. The monoisotopic (exact) mass is 422 g/mol. The maximum Gasteiger partial charge on any atom is 0.279 e. The molecule has 152 valence electrons. The Morgan fingerprint density at radius 1 is 1.17 bits per heavy atom. The number of aromatic hydroxyl groups is 1. The summed E-state index contributed by atoms with van der Waals surface area (Å²) >= 11 is 1.21. The van der Waals surface area contributed by atoms with Gasteiger partial charge < -0.3 is 5.11 Å². The summed E-state index contributed by atoms with van der Waals surface area (Å²) in [7, 11) is 0. The van der Waals surface area contributed by atoms with Gasteiger partial charge in [0, 0.05) is 17.5 Å². The van der Waals surface area contributed by atoms with E-state index in [0.29, 0.717) is 26.1 Å². The molecule has 30 heavy (non-hydrogen) atoms. The highest BCUT2D eigenvalue weighted by atomic mass is 32.1. The van der Waals surface area contributed by atoms with Gasteiger partial charge in [0.25, 0.3) is 5.91 Å². The topological polar surface area (TPSA) is 79.8 Å². The number of aromatic nitrogens is 2. The minimum atomic E-state index is -0.479. The van der Waals surface area contributed by atoms with Gasteiger partial charge in [-0.3, -0.25) is 9.36 Å². The molecule has 3 heterocycles. The van der Waals surface area contributed by atoms with E-state index in [1.165, 1.54) is 36.0 Å². The van der Waals surface area contributed by atoms with Gasteiger partial charge in [-0.15, -0.1) is 0 Å². The van der Waals surface area contributed by atoms with Gasteiger partial charge in [-0.1, -0.05) is 36.7 Å². The molecule has 1 amide bonds. The van der Waals surface area contributed by atoms with Crippen LogP contribution >= 0.6 is 11.3 Å². The molecule has 1 aliphatic heterocycles. The van der Waals surface area contributed by atoms with E-state index in [2.05, 4.69) is 15.0 Å². The van der Waals surface area contributed by atoms with Gasteiger partial charge >= 0.3 is 0 Å². The van der Waals surface area contributed by atoms with Crippen LogP contribution in [0.25, 0.3) is 5.57 Å². The second-order valence-corrected chi connectivity index (χ2v) is 8.43. The molecule has 3 aromatic rings. The summed E-state index contributed by atoms with van der Waals surface area (Å²) in [6, 6.07) is 9.58. The molecule has 0 unspecified atom stereocenters. The Balaban J connectivity index is 1.77. The Morgan fingerprint density at radius 3 is 2.77 bits per heavy atom. The van der Waals surface area contributed by atoms with Crippen LogP contribution in [0, 0.1) is 5.82 Å². The molecule has 1 saturated carbocycles. The van der Waals surface area contributed by atoms with E-state index in [0.717, 1.165) is 25.7 Å². The Labute approximate surface area is 175 Å². The molecule has 0 bridgehead atoms. The highest BCUT2D eigenvalue weighted by Crippen LogP contribution is 2.36. The van der Waals surface area contributed by atoms with Crippen molar-refractivity contribution in [2.45, 2.75) is 38.1 Å². The first-order chi connectivity index (χ1) is 14.6. The van der Waals surface area contributed by atoms with Gasteiger partial charge in [0.05, 0.1) is 10.9 Å². The fraction of sp³-hybridized carbons (Fsp3) is 0.273. The molecule has 2 aromatic heterocycles. The third kappa shape index (κ3) is 3.27. The average molecular weight is 422 g/mol. The van der Waals surface area contributed by atoms with Crippen LogP contribution in [0.4, 0.5) is 10.2 Å². The summed E-state index contributed by atoms with van der Waals surface area (Å²) in [5.74, 6) is -0.427. The molecule has 1 aromatic carbocycles. The predicted molar refractivity (Wildman–Crippen MR) is 110 cm³/mol. The number of benzene rings is 1. The lowest BCUT2D eigenvalue weighted by Crippen LogP contribution is -2.23. The van der Waals surface area contributed by atoms with Crippen molar-refractivity contribution in [1.82, 2.24) is 9.55 Å². The van der Waals surface area contributed by atoms with Gasteiger partial charge in [0.15, 0.2) is 10.6 Å². The Bertz CT molecular complexity index is 1320. The highest BCUT2D eigenvalue weighted by molar-refractivity contribution is 7.11. The lowest BCUT2D eigenvalue weighted by Gasteiger charge is -2.23. The first-order valence-corrected chi connectivity index (χ1v) is 10.8. The minimum absolute atomic E-state index is 0.0164. The zero-order valence-corrected chi connectivity index (χ0v) is 16.9. The van der Waals surface area contributed by atoms with Gasteiger partial charge in [0.1, 0.15) is 10.7 Å². The number of thiazole rings is 1. The standard InChI is InChI=1S/C22H19FN4O2S/c23-13-9-10-16-15(12-13)18(20(28)25-16)19-21(29)27(14-6-2-1-3-7-14)22(30-19)26-17-8-4-5-11-24-17/h4-5,8-12,14,29H,1-3,6-7H2/b26-22+. The van der Waals surface area contributed by atoms with Crippen LogP contribution in [0.3, 0.4) is 0 Å². The third-order valence-corrected chi connectivity index (χ3v) is 6.58. The van der Waals surface area contributed by atoms with Gasteiger partial charge in [-0.05, 0) is 43.2 Å². The molecule has 0 saturated heterocycles. The lowest BCUT2D eigenvalue weighted by atomic mass is 9.95. The maximum atomic E-state index is 13.9. The Morgan fingerprint density at radius 2 is 2.00 bits per heavy atom. The van der Waals surface area contributed by atoms with Crippen molar-refractivity contribution >= 4 is 28.6 Å². The van der Waals surface area contributed by atoms with Crippen molar-refractivity contribution in [3.8, 4) is 5.88 Å². The molecule has 1 fully saturated rings. The molecular weight excluding hydrogens is 403 g/mol. The van der Waals surface area contributed by atoms with Crippen LogP contribution < -0.4 is 15.4 Å². The molecule has 2 aliphatic rings. The predicted octanol–water partition coefficient (Wildman–Crippen LogP) is 2.89. The zero-order chi connectivity index (χ0) is 20.7. The van der Waals surface area contributed by atoms with Crippen LogP contribution in [0.1, 0.15) is 43.0 Å². The molecular formula is C22H19FN4O2S. The van der Waals surface area contributed by atoms with Crippen LogP contribution in [0.5, 0.6) is 5.88 Å². The fourth-order valence-corrected chi connectivity index (χ4v) is 5.26. The number of halogens is 1. The van der Waals surface area contributed by atoms with E-state index >= 15 is 0 Å². The largest absolute Gasteiger partial charge is 0.493 e. The van der Waals surface area contributed by atoms with E-state index in [1.807, 2.05) is 16.7 Å². The molecule has 0 spiro atoms. The van der Waals surface area contributed by atoms with Gasteiger partial charge in [-0.2, -0.15) is 0 Å². The van der Waals surface area contributed by atoms with Crippen molar-refractivity contribution in [3.63, 3.8) is 0 Å². The molecule has 0 radical (unpaired) electrons. The first-order valence-electron chi connectivity index (χ1n) is 9.95. The van der Waals surface area contributed by atoms with Gasteiger partial charge in [0.2, 0.25) is 5.88 Å². The van der Waals surface area contributed by atoms with Crippen molar-refractivity contribution in [1.29, 1.82) is 0 Å². The summed E-state index contributed by atoms with van der Waals surface area (Å²) in [5.41, 5.74) is 0.221. The maximum absolute atomic E-state index is 13.9. The molecule has 5 rings (SSSR count). The normalized spacial score (nSPS) is 17.3. The van der Waals surface area contributed by atoms with E-state index in [1.54, 1.807) is 12.3 Å². The summed E-state index contributed by atoms with van der Waals surface area (Å²) < 4.78 is 15.7. The van der Waals surface area contributed by atoms with Crippen LogP contribution in [-0.4, -0.2) is 20.6 Å². The zero-order valence-electron chi connectivity index (χ0n) is 16.1. The Hall–Kier alpha value is -3.13. The first kappa shape index (κ1) is 18.9. The van der Waals surface area contributed by atoms with Crippen molar-refractivity contribution in [2.75, 3.05) is 0 Å². The minimum Gasteiger partial charge on any atom is -0.493 e. The van der Waals surface area contributed by atoms with E-state index in [-0.39, 0.29) is 17.5 Å². The summed E-state index contributed by atoms with van der Waals surface area (Å²) in [6.45, 7) is 0. The molecule has 1 aliphatic carbocycles. The molecule has 1 N–H and O–H groups in total. The van der Waals surface area contributed by atoms with E-state index < -0.39 is 11.7 Å². The number of fused-ring (bicyclic) bond motifs is 1. The number of rotatable bonds is 3. The lowest BCUT2D eigenvalue weighted by molar-refractivity contribution is -0.112. The van der Waals surface area contributed by atoms with E-state index in [9.17, 15) is 14.3 Å². The van der Waals surface area contributed by atoms with E-state index in [4.69, 9.17) is 0 Å². The van der Waals surface area contributed by atoms with Gasteiger partial charge in [-0.25, -0.2) is 19.4 Å². The number of amides is 1. The SMILES string of the molecule is O=C1N=c2ccc(F)cc2=C1c1s/c(=N/c2ccccn2)n(C2CCCCC2)c1O. The van der Waals surface area contributed by atoms with Crippen molar-refractivity contribution < 1.29 is 14.3 Å². The second kappa shape index (κ2) is 7.60. The number of hydrogen-bond donors (Lipinski definition) is 1. The Kier molecular flexibility index (Phi) is 4.78. The van der Waals surface area contributed by atoms with Crippen LogP contribution in [-0.2, 0) is 4.79 Å². The van der Waals surface area contributed by atoms with Crippen molar-refractivity contribution in [2.24, 2.45) is 9.98 Å². The molecule has 8 heteroatoms. The fourth-order valence-electron chi connectivity index (χ4n) is 4.12. The summed E-state index contributed by atoms with van der Waals surface area (Å²) in [5, 5.41) is 12.0. The highest BCUT2D eigenvalue weighted by Gasteiger charge is 2.29. The quantitative estimate of drug-likeness (QED) is 0.705. The summed E-state index contributed by atoms with van der Waals surface area (Å²) in [6.07, 6.45) is 6.83. The number of carbonyl (C=O) groups excluding carboxylic acids is 1. The van der Waals surface area contributed by atoms with Crippen LogP contribution in [0.15, 0.2) is 52.6 Å². The third-order valence-electron chi connectivity index (χ3n) is 5.52. The number of nitrogens with zero attached hydrogens (tertiary/aromatic N) is 4. The average Bonchev–Trinajstić information content (AvgIpc) is 3.24. The smallest absolute Gasteiger partial charge is 0.279 e. The number of pyridine rings is 1. The second-order valence-electron chi connectivity index (χ2n) is 7.45. The molecule has 6 nitrogen and oxygen atoms in total. The van der Waals surface area contributed by atoms with Crippen molar-refractivity contribution in [3.05, 3.63) is 68.7 Å². The van der Waals surface area contributed by atoms with Crippen LogP contribution in [0.2, 0.25) is 0 Å². The number of hydrogen-bond acceptors (Lipinski definition) is 5.